The lowest BCUT2D eigenvalue weighted by molar-refractivity contribution is 0.249. The zero-order valence-corrected chi connectivity index (χ0v) is 14.7. The van der Waals surface area contributed by atoms with E-state index in [1.807, 2.05) is 12.1 Å². The summed E-state index contributed by atoms with van der Waals surface area (Å²) >= 11 is 0. The molecule has 1 aliphatic heterocycles. The maximum absolute atomic E-state index is 11.3. The smallest absolute Gasteiger partial charge is 0.238 e. The summed E-state index contributed by atoms with van der Waals surface area (Å²) < 4.78 is 22.6. The molecule has 1 fully saturated rings. The summed E-state index contributed by atoms with van der Waals surface area (Å²) in [6.07, 6.45) is 0. The summed E-state index contributed by atoms with van der Waals surface area (Å²) in [5, 5.41) is 5.14. The second kappa shape index (κ2) is 6.93. The van der Waals surface area contributed by atoms with Gasteiger partial charge in [0.2, 0.25) is 10.0 Å². The minimum Gasteiger partial charge on any atom is -0.369 e. The van der Waals surface area contributed by atoms with Gasteiger partial charge in [0.25, 0.3) is 0 Å². The molecular weight excluding hydrogens is 322 g/mol. The molecule has 1 saturated heterocycles. The standard InChI is InChI=1S/C18H23N3O2S/c1-15-4-2-3-5-16(15)14-20-10-12-21(13-11-20)17-6-8-18(9-7-17)24(19,22)23/h2-9H,10-14H2,1H3,(H2,19,22,23). The number of primary sulfonamides is 1. The van der Waals surface area contributed by atoms with E-state index < -0.39 is 10.0 Å². The first-order valence-corrected chi connectivity index (χ1v) is 9.63. The van der Waals surface area contributed by atoms with Crippen LogP contribution in [0.5, 0.6) is 0 Å². The van der Waals surface area contributed by atoms with Crippen LogP contribution in [0.2, 0.25) is 0 Å². The lowest BCUT2D eigenvalue weighted by Crippen LogP contribution is -2.46. The average Bonchev–Trinajstić information content (AvgIpc) is 2.57. The third-order valence-corrected chi connectivity index (χ3v) is 5.49. The first kappa shape index (κ1) is 17.0. The molecule has 0 aliphatic carbocycles. The number of piperazine rings is 1. The summed E-state index contributed by atoms with van der Waals surface area (Å²) in [5.74, 6) is 0. The van der Waals surface area contributed by atoms with E-state index in [1.54, 1.807) is 12.1 Å². The highest BCUT2D eigenvalue weighted by Crippen LogP contribution is 2.20. The monoisotopic (exact) mass is 345 g/mol. The van der Waals surface area contributed by atoms with E-state index in [-0.39, 0.29) is 4.90 Å². The van der Waals surface area contributed by atoms with Crippen LogP contribution in [-0.4, -0.2) is 39.5 Å². The van der Waals surface area contributed by atoms with Crippen molar-refractivity contribution < 1.29 is 8.42 Å². The maximum Gasteiger partial charge on any atom is 0.238 e. The van der Waals surface area contributed by atoms with Gasteiger partial charge in [-0.15, -0.1) is 0 Å². The van der Waals surface area contributed by atoms with Gasteiger partial charge in [0, 0.05) is 38.4 Å². The Morgan fingerprint density at radius 1 is 0.958 bits per heavy atom. The average molecular weight is 345 g/mol. The van der Waals surface area contributed by atoms with Gasteiger partial charge < -0.3 is 4.90 Å². The van der Waals surface area contributed by atoms with Crippen LogP contribution in [0.4, 0.5) is 5.69 Å². The van der Waals surface area contributed by atoms with E-state index in [9.17, 15) is 8.42 Å². The van der Waals surface area contributed by atoms with E-state index in [0.29, 0.717) is 0 Å². The van der Waals surface area contributed by atoms with Crippen molar-refractivity contribution in [3.8, 4) is 0 Å². The van der Waals surface area contributed by atoms with Crippen molar-refractivity contribution in [1.82, 2.24) is 4.90 Å². The normalized spacial score (nSPS) is 16.3. The van der Waals surface area contributed by atoms with Crippen molar-refractivity contribution in [2.24, 2.45) is 5.14 Å². The van der Waals surface area contributed by atoms with Crippen molar-refractivity contribution >= 4 is 15.7 Å². The fraction of sp³-hybridized carbons (Fsp3) is 0.333. The summed E-state index contributed by atoms with van der Waals surface area (Å²) in [4.78, 5) is 4.89. The van der Waals surface area contributed by atoms with Crippen molar-refractivity contribution in [3.05, 3.63) is 59.7 Å². The van der Waals surface area contributed by atoms with Gasteiger partial charge in [-0.2, -0.15) is 0 Å². The lowest BCUT2D eigenvalue weighted by Gasteiger charge is -2.36. The number of sulfonamides is 1. The quantitative estimate of drug-likeness (QED) is 0.920. The predicted octanol–water partition coefficient (Wildman–Crippen LogP) is 1.96. The number of nitrogens with zero attached hydrogens (tertiary/aromatic N) is 2. The second-order valence-corrected chi connectivity index (χ2v) is 7.79. The summed E-state index contributed by atoms with van der Waals surface area (Å²) in [6.45, 7) is 6.97. The molecule has 0 spiro atoms. The van der Waals surface area contributed by atoms with Crippen molar-refractivity contribution in [3.63, 3.8) is 0 Å². The Labute approximate surface area is 143 Å². The van der Waals surface area contributed by atoms with Crippen LogP contribution in [0.1, 0.15) is 11.1 Å². The molecule has 24 heavy (non-hydrogen) atoms. The summed E-state index contributed by atoms with van der Waals surface area (Å²) in [6, 6.07) is 15.3. The van der Waals surface area contributed by atoms with Crippen LogP contribution in [-0.2, 0) is 16.6 Å². The zero-order chi connectivity index (χ0) is 17.2. The van der Waals surface area contributed by atoms with Gasteiger partial charge in [0.15, 0.2) is 0 Å². The Kier molecular flexibility index (Phi) is 4.89. The van der Waals surface area contributed by atoms with Gasteiger partial charge in [-0.05, 0) is 42.3 Å². The highest BCUT2D eigenvalue weighted by Gasteiger charge is 2.18. The Morgan fingerprint density at radius 3 is 2.17 bits per heavy atom. The van der Waals surface area contributed by atoms with Crippen LogP contribution in [0, 0.1) is 6.92 Å². The van der Waals surface area contributed by atoms with E-state index in [4.69, 9.17) is 5.14 Å². The third kappa shape index (κ3) is 3.95. The van der Waals surface area contributed by atoms with Crippen molar-refractivity contribution in [2.75, 3.05) is 31.1 Å². The predicted molar refractivity (Wildman–Crippen MR) is 96.5 cm³/mol. The number of rotatable bonds is 4. The van der Waals surface area contributed by atoms with Crippen molar-refractivity contribution in [2.45, 2.75) is 18.4 Å². The molecule has 3 rings (SSSR count). The largest absolute Gasteiger partial charge is 0.369 e. The molecular formula is C18H23N3O2S. The molecule has 2 N–H and O–H groups in total. The van der Waals surface area contributed by atoms with Gasteiger partial charge in [-0.3, -0.25) is 4.90 Å². The molecule has 128 valence electrons. The van der Waals surface area contributed by atoms with Crippen LogP contribution in [0.25, 0.3) is 0 Å². The summed E-state index contributed by atoms with van der Waals surface area (Å²) in [7, 11) is -3.62. The van der Waals surface area contributed by atoms with Gasteiger partial charge in [-0.1, -0.05) is 24.3 Å². The highest BCUT2D eigenvalue weighted by molar-refractivity contribution is 7.89. The van der Waals surface area contributed by atoms with Crippen molar-refractivity contribution in [1.29, 1.82) is 0 Å². The summed E-state index contributed by atoms with van der Waals surface area (Å²) in [5.41, 5.74) is 3.75. The Hall–Kier alpha value is -1.89. The minimum absolute atomic E-state index is 0.157. The first-order chi connectivity index (χ1) is 11.4. The van der Waals surface area contributed by atoms with E-state index in [2.05, 4.69) is 41.0 Å². The molecule has 6 heteroatoms. The van der Waals surface area contributed by atoms with E-state index in [1.165, 1.54) is 11.1 Å². The van der Waals surface area contributed by atoms with Gasteiger partial charge in [-0.25, -0.2) is 13.6 Å². The fourth-order valence-electron chi connectivity index (χ4n) is 3.04. The van der Waals surface area contributed by atoms with E-state index in [0.717, 1.165) is 38.4 Å². The molecule has 2 aromatic carbocycles. The number of nitrogens with two attached hydrogens (primary N) is 1. The molecule has 0 unspecified atom stereocenters. The Morgan fingerprint density at radius 2 is 1.58 bits per heavy atom. The number of anilines is 1. The Balaban J connectivity index is 1.60. The number of benzene rings is 2. The highest BCUT2D eigenvalue weighted by atomic mass is 32.2. The van der Waals surface area contributed by atoms with Crippen LogP contribution >= 0.6 is 0 Å². The fourth-order valence-corrected chi connectivity index (χ4v) is 3.55. The molecule has 0 aromatic heterocycles. The number of hydrogen-bond acceptors (Lipinski definition) is 4. The Bertz CT molecular complexity index is 795. The number of aryl methyl sites for hydroxylation is 1. The van der Waals surface area contributed by atoms with Crippen LogP contribution < -0.4 is 10.0 Å². The van der Waals surface area contributed by atoms with Gasteiger partial charge in [0.1, 0.15) is 0 Å². The topological polar surface area (TPSA) is 66.6 Å². The van der Waals surface area contributed by atoms with Gasteiger partial charge in [0.05, 0.1) is 4.90 Å². The third-order valence-electron chi connectivity index (χ3n) is 4.56. The van der Waals surface area contributed by atoms with E-state index >= 15 is 0 Å². The molecule has 1 heterocycles. The SMILES string of the molecule is Cc1ccccc1CN1CCN(c2ccc(S(N)(=O)=O)cc2)CC1. The molecule has 0 bridgehead atoms. The maximum atomic E-state index is 11.3. The molecule has 5 nitrogen and oxygen atoms in total. The zero-order valence-electron chi connectivity index (χ0n) is 13.9. The molecule has 0 amide bonds. The van der Waals surface area contributed by atoms with Crippen LogP contribution in [0.3, 0.4) is 0 Å². The minimum atomic E-state index is -3.62. The molecule has 0 saturated carbocycles. The molecule has 0 atom stereocenters. The molecule has 2 aromatic rings. The number of hydrogen-bond donors (Lipinski definition) is 1. The van der Waals surface area contributed by atoms with Gasteiger partial charge >= 0.3 is 0 Å². The first-order valence-electron chi connectivity index (χ1n) is 8.08. The molecule has 0 radical (unpaired) electrons. The second-order valence-electron chi connectivity index (χ2n) is 6.23. The van der Waals surface area contributed by atoms with Crippen LogP contribution in [0.15, 0.2) is 53.4 Å². The molecule has 1 aliphatic rings. The lowest BCUT2D eigenvalue weighted by atomic mass is 10.1.